The monoisotopic (exact) mass is 361 g/mol. The number of hydrogen-bond acceptors (Lipinski definition) is 5. The van der Waals surface area contributed by atoms with Gasteiger partial charge in [-0.25, -0.2) is 0 Å². The van der Waals surface area contributed by atoms with Crippen molar-refractivity contribution >= 4 is 23.1 Å². The zero-order chi connectivity index (χ0) is 16.4. The summed E-state index contributed by atoms with van der Waals surface area (Å²) in [6, 6.07) is 5.72. The number of benzene rings is 1. The average Bonchev–Trinajstić information content (AvgIpc) is 3.26. The Morgan fingerprint density at radius 1 is 1.29 bits per heavy atom. The summed E-state index contributed by atoms with van der Waals surface area (Å²) in [5.41, 5.74) is 0.911. The fraction of sp³-hybridized carbons (Fsp3) is 0.500. The second kappa shape index (κ2) is 5.30. The number of aromatic amines is 1. The van der Waals surface area contributed by atoms with Gasteiger partial charge >= 0.3 is 4.87 Å². The number of thioether (sulfide) groups is 1. The normalized spacial score (nSPS) is 33.3. The lowest BCUT2D eigenvalue weighted by Crippen LogP contribution is -2.33. The van der Waals surface area contributed by atoms with Crippen molar-refractivity contribution < 1.29 is 9.84 Å². The first-order valence-corrected chi connectivity index (χ1v) is 10.1. The number of ether oxygens (including phenoxy) is 1. The van der Waals surface area contributed by atoms with Crippen LogP contribution in [0.25, 0.3) is 0 Å². The van der Waals surface area contributed by atoms with Gasteiger partial charge in [0.05, 0.1) is 12.1 Å². The average molecular weight is 361 g/mol. The third kappa shape index (κ3) is 1.96. The summed E-state index contributed by atoms with van der Waals surface area (Å²) >= 11 is 3.18. The molecule has 0 unspecified atom stereocenters. The van der Waals surface area contributed by atoms with E-state index in [0.717, 1.165) is 21.4 Å². The summed E-state index contributed by atoms with van der Waals surface area (Å²) in [7, 11) is 1.58. The van der Waals surface area contributed by atoms with E-state index < -0.39 is 0 Å². The number of thiazole rings is 1. The molecule has 2 aromatic rings. The molecule has 3 aliphatic rings. The van der Waals surface area contributed by atoms with Crippen molar-refractivity contribution in [2.45, 2.75) is 35.5 Å². The number of hydrogen-bond donors (Lipinski definition) is 2. The molecule has 24 heavy (non-hydrogen) atoms. The summed E-state index contributed by atoms with van der Waals surface area (Å²) in [4.78, 5) is 16.1. The van der Waals surface area contributed by atoms with Gasteiger partial charge in [0.1, 0.15) is 0 Å². The van der Waals surface area contributed by atoms with Crippen LogP contribution >= 0.6 is 23.1 Å². The van der Waals surface area contributed by atoms with E-state index in [1.807, 2.05) is 23.9 Å². The number of para-hydroxylation sites is 1. The predicted octanol–water partition coefficient (Wildman–Crippen LogP) is 3.80. The topological polar surface area (TPSA) is 62.3 Å². The lowest BCUT2D eigenvalue weighted by atomic mass is 9.74. The molecule has 1 aromatic heterocycles. The van der Waals surface area contributed by atoms with Gasteiger partial charge in [0.15, 0.2) is 11.5 Å². The van der Waals surface area contributed by atoms with Crippen LogP contribution in [-0.2, 0) is 0 Å². The van der Waals surface area contributed by atoms with Crippen molar-refractivity contribution in [2.24, 2.45) is 17.8 Å². The molecule has 1 aromatic carbocycles. The molecule has 2 fully saturated rings. The maximum absolute atomic E-state index is 12.0. The molecule has 4 nitrogen and oxygen atoms in total. The van der Waals surface area contributed by atoms with Gasteiger partial charge in [-0.1, -0.05) is 23.5 Å². The first kappa shape index (κ1) is 14.9. The van der Waals surface area contributed by atoms with Crippen molar-refractivity contribution in [1.29, 1.82) is 0 Å². The maximum Gasteiger partial charge on any atom is 0.305 e. The summed E-state index contributed by atoms with van der Waals surface area (Å²) in [6.45, 7) is 0. The van der Waals surface area contributed by atoms with Crippen LogP contribution in [0.3, 0.4) is 0 Å². The summed E-state index contributed by atoms with van der Waals surface area (Å²) < 4.78 is 5.32. The van der Waals surface area contributed by atoms with E-state index in [9.17, 15) is 9.90 Å². The minimum Gasteiger partial charge on any atom is -0.504 e. The third-order valence-corrected chi connectivity index (χ3v) is 8.67. The van der Waals surface area contributed by atoms with Gasteiger partial charge in [-0.15, -0.1) is 11.8 Å². The molecular weight excluding hydrogens is 342 g/mol. The molecule has 2 N–H and O–H groups in total. The molecular formula is C18H19NO3S2. The van der Waals surface area contributed by atoms with Crippen LogP contribution in [0, 0.1) is 17.8 Å². The van der Waals surface area contributed by atoms with E-state index in [1.54, 1.807) is 13.2 Å². The van der Waals surface area contributed by atoms with Gasteiger partial charge in [0.2, 0.25) is 0 Å². The van der Waals surface area contributed by atoms with Crippen molar-refractivity contribution in [2.75, 3.05) is 7.11 Å². The van der Waals surface area contributed by atoms with E-state index >= 15 is 0 Å². The summed E-state index contributed by atoms with van der Waals surface area (Å²) in [5, 5.41) is 12.3. The number of aromatic nitrogens is 1. The van der Waals surface area contributed by atoms with Gasteiger partial charge in [0.25, 0.3) is 0 Å². The Kier molecular flexibility index (Phi) is 3.29. The Morgan fingerprint density at radius 2 is 2.12 bits per heavy atom. The SMILES string of the molecule is COc1cccc([C@H]2c3sc(=O)[nH]c3S[C@H]3[C@@H]4CC[C@@H](C4)[C@@H]23)c1O. The Hall–Kier alpha value is -1.40. The smallest absolute Gasteiger partial charge is 0.305 e. The zero-order valence-electron chi connectivity index (χ0n) is 13.3. The quantitative estimate of drug-likeness (QED) is 0.854. The lowest BCUT2D eigenvalue weighted by Gasteiger charge is -2.40. The van der Waals surface area contributed by atoms with Crippen LogP contribution in [0.4, 0.5) is 0 Å². The standard InChI is InChI=1S/C18H19NO3S2/c1-22-11-4-2-3-10(14(11)20)13-12-8-5-6-9(7-8)15(12)23-17-16(13)24-18(21)19-17/h2-4,8-9,12-13,15,20H,5-7H2,1H3,(H,19,21)/t8-,9+,12-,13+,15-/m0/s1. The maximum atomic E-state index is 12.0. The highest BCUT2D eigenvalue weighted by molar-refractivity contribution is 8.00. The molecule has 2 bridgehead atoms. The molecule has 1 aliphatic heterocycles. The van der Waals surface area contributed by atoms with Gasteiger partial charge in [-0.05, 0) is 43.1 Å². The summed E-state index contributed by atoms with van der Waals surface area (Å²) in [6.07, 6.45) is 3.88. The number of H-pyrrole nitrogens is 1. The molecule has 0 spiro atoms. The number of phenolic OH excluding ortho intramolecular Hbond substituents is 1. The van der Waals surface area contributed by atoms with Gasteiger partial charge < -0.3 is 14.8 Å². The van der Waals surface area contributed by atoms with Crippen LogP contribution in [0.2, 0.25) is 0 Å². The largest absolute Gasteiger partial charge is 0.504 e. The third-order valence-electron chi connectivity index (χ3n) is 6.05. The number of aromatic hydroxyl groups is 1. The minimum atomic E-state index is 0.00667. The molecule has 6 heteroatoms. The first-order chi connectivity index (χ1) is 11.7. The molecule has 2 aliphatic carbocycles. The highest BCUT2D eigenvalue weighted by Crippen LogP contribution is 2.64. The van der Waals surface area contributed by atoms with Gasteiger partial charge in [-0.3, -0.25) is 4.79 Å². The van der Waals surface area contributed by atoms with Gasteiger partial charge in [-0.2, -0.15) is 0 Å². The number of phenols is 1. The number of methoxy groups -OCH3 is 1. The molecule has 126 valence electrons. The lowest BCUT2D eigenvalue weighted by molar-refractivity contribution is 0.300. The van der Waals surface area contributed by atoms with Crippen LogP contribution in [0.5, 0.6) is 11.5 Å². The van der Waals surface area contributed by atoms with Crippen LogP contribution in [-0.4, -0.2) is 22.5 Å². The highest BCUT2D eigenvalue weighted by Gasteiger charge is 2.55. The van der Waals surface area contributed by atoms with E-state index in [-0.39, 0.29) is 16.5 Å². The zero-order valence-corrected chi connectivity index (χ0v) is 15.0. The fourth-order valence-electron chi connectivity index (χ4n) is 5.15. The molecule has 2 saturated carbocycles. The van der Waals surface area contributed by atoms with Crippen molar-refractivity contribution in [1.82, 2.24) is 4.98 Å². The van der Waals surface area contributed by atoms with Crippen LogP contribution < -0.4 is 9.61 Å². The predicted molar refractivity (Wildman–Crippen MR) is 95.4 cm³/mol. The summed E-state index contributed by atoms with van der Waals surface area (Å²) in [5.74, 6) is 2.79. The Labute approximate surface area is 148 Å². The van der Waals surface area contributed by atoms with E-state index in [0.29, 0.717) is 22.8 Å². The van der Waals surface area contributed by atoms with Crippen LogP contribution in [0.15, 0.2) is 28.0 Å². The van der Waals surface area contributed by atoms with E-state index in [2.05, 4.69) is 4.98 Å². The van der Waals surface area contributed by atoms with E-state index in [1.165, 1.54) is 30.6 Å². The van der Waals surface area contributed by atoms with Gasteiger partial charge in [0, 0.05) is 21.6 Å². The van der Waals surface area contributed by atoms with Crippen molar-refractivity contribution in [3.05, 3.63) is 38.3 Å². The highest BCUT2D eigenvalue weighted by atomic mass is 32.2. The number of fused-ring (bicyclic) bond motifs is 6. The molecule has 5 atom stereocenters. The van der Waals surface area contributed by atoms with Crippen molar-refractivity contribution in [3.8, 4) is 11.5 Å². The molecule has 2 heterocycles. The Morgan fingerprint density at radius 3 is 2.96 bits per heavy atom. The minimum absolute atomic E-state index is 0.00667. The second-order valence-corrected chi connectivity index (χ2v) is 9.28. The second-order valence-electron chi connectivity index (χ2n) is 7.08. The Bertz CT molecular complexity index is 858. The Balaban J connectivity index is 1.71. The molecule has 0 amide bonds. The first-order valence-electron chi connectivity index (χ1n) is 8.43. The van der Waals surface area contributed by atoms with Crippen LogP contribution in [0.1, 0.15) is 35.6 Å². The molecule has 0 saturated heterocycles. The van der Waals surface area contributed by atoms with E-state index in [4.69, 9.17) is 4.74 Å². The molecule has 5 rings (SSSR count). The molecule has 0 radical (unpaired) electrons. The number of nitrogens with one attached hydrogen (secondary N) is 1. The number of rotatable bonds is 2. The van der Waals surface area contributed by atoms with Crippen molar-refractivity contribution in [3.63, 3.8) is 0 Å². The fourth-order valence-corrected chi connectivity index (χ4v) is 8.04.